The van der Waals surface area contributed by atoms with Gasteiger partial charge in [0.05, 0.1) is 0 Å². The maximum Gasteiger partial charge on any atom is 0.129 e. The normalized spacial score (nSPS) is 8.47. The van der Waals surface area contributed by atoms with Gasteiger partial charge in [0, 0.05) is 30.6 Å². The zero-order valence-electron chi connectivity index (χ0n) is 7.18. The van der Waals surface area contributed by atoms with Crippen molar-refractivity contribution in [3.8, 4) is 0 Å². The number of aromatic nitrogens is 1. The van der Waals surface area contributed by atoms with Crippen molar-refractivity contribution >= 4 is 0 Å². The Hall–Kier alpha value is -1.71. The van der Waals surface area contributed by atoms with E-state index in [1.54, 1.807) is 0 Å². The number of aromatic amines is 1. The van der Waals surface area contributed by atoms with Gasteiger partial charge in [0.1, 0.15) is 17.5 Å². The van der Waals surface area contributed by atoms with Gasteiger partial charge in [-0.1, -0.05) is 7.43 Å². The topological polar surface area (TPSA) is 15.8 Å². The number of rotatable bonds is 0. The molecule has 0 saturated carbocycles. The molecule has 0 aliphatic heterocycles. The van der Waals surface area contributed by atoms with Gasteiger partial charge in [0.2, 0.25) is 0 Å². The SMILES string of the molecule is C.Fc1cc(F)cc(F)c1.c1cc[nH]c1. The van der Waals surface area contributed by atoms with Crippen LogP contribution in [0, 0.1) is 17.5 Å². The molecule has 4 heteroatoms. The van der Waals surface area contributed by atoms with Crippen LogP contribution in [-0.2, 0) is 0 Å². The molecule has 0 fully saturated rings. The second-order valence-electron chi connectivity index (χ2n) is 2.47. The highest BCUT2D eigenvalue weighted by Crippen LogP contribution is 2.04. The zero-order valence-corrected chi connectivity index (χ0v) is 7.18. The highest BCUT2D eigenvalue weighted by atomic mass is 19.1. The van der Waals surface area contributed by atoms with Gasteiger partial charge in [-0.05, 0) is 12.1 Å². The lowest BCUT2D eigenvalue weighted by Crippen LogP contribution is -1.81. The van der Waals surface area contributed by atoms with Crippen LogP contribution < -0.4 is 0 Å². The Morgan fingerprint density at radius 3 is 1.27 bits per heavy atom. The summed E-state index contributed by atoms with van der Waals surface area (Å²) >= 11 is 0. The quantitative estimate of drug-likeness (QED) is 0.688. The van der Waals surface area contributed by atoms with Gasteiger partial charge in [-0.25, -0.2) is 13.2 Å². The summed E-state index contributed by atoms with van der Waals surface area (Å²) in [6.45, 7) is 0. The van der Waals surface area contributed by atoms with Crippen LogP contribution in [0.3, 0.4) is 0 Å². The van der Waals surface area contributed by atoms with E-state index in [1.807, 2.05) is 24.5 Å². The van der Waals surface area contributed by atoms with Crippen molar-refractivity contribution in [1.29, 1.82) is 0 Å². The average Bonchev–Trinajstić information content (AvgIpc) is 2.56. The molecule has 1 heterocycles. The molecule has 1 aromatic carbocycles. The molecule has 0 spiro atoms. The van der Waals surface area contributed by atoms with E-state index in [0.29, 0.717) is 18.2 Å². The Bertz CT molecular complexity index is 304. The number of hydrogen-bond acceptors (Lipinski definition) is 0. The second kappa shape index (κ2) is 6.70. The van der Waals surface area contributed by atoms with Crippen molar-refractivity contribution in [2.45, 2.75) is 7.43 Å². The van der Waals surface area contributed by atoms with E-state index in [4.69, 9.17) is 0 Å². The lowest BCUT2D eigenvalue weighted by molar-refractivity contribution is 0.543. The fourth-order valence-electron chi connectivity index (χ4n) is 0.798. The molecule has 15 heavy (non-hydrogen) atoms. The fraction of sp³-hybridized carbons (Fsp3) is 0.0909. The zero-order chi connectivity index (χ0) is 10.4. The highest BCUT2D eigenvalue weighted by Gasteiger charge is 1.96. The van der Waals surface area contributed by atoms with E-state index in [-0.39, 0.29) is 7.43 Å². The smallest absolute Gasteiger partial charge is 0.129 e. The number of hydrogen-bond donors (Lipinski definition) is 1. The summed E-state index contributed by atoms with van der Waals surface area (Å²) in [5.74, 6) is -2.69. The molecule has 0 saturated heterocycles. The molecule has 1 N–H and O–H groups in total. The molecule has 1 nitrogen and oxygen atoms in total. The molecule has 0 aliphatic carbocycles. The minimum atomic E-state index is -0.896. The Kier molecular flexibility index (Phi) is 5.94. The van der Waals surface area contributed by atoms with Crippen molar-refractivity contribution in [2.24, 2.45) is 0 Å². The second-order valence-corrected chi connectivity index (χ2v) is 2.47. The van der Waals surface area contributed by atoms with Crippen molar-refractivity contribution in [3.05, 3.63) is 60.2 Å². The highest BCUT2D eigenvalue weighted by molar-refractivity contribution is 5.07. The minimum Gasteiger partial charge on any atom is -0.368 e. The first-order valence-corrected chi connectivity index (χ1v) is 3.88. The summed E-state index contributed by atoms with van der Waals surface area (Å²) < 4.78 is 35.8. The largest absolute Gasteiger partial charge is 0.368 e. The van der Waals surface area contributed by atoms with Crippen LogP contribution in [0.25, 0.3) is 0 Å². The van der Waals surface area contributed by atoms with Gasteiger partial charge in [0.15, 0.2) is 0 Å². The van der Waals surface area contributed by atoms with Crippen LogP contribution in [0.1, 0.15) is 7.43 Å². The first-order chi connectivity index (χ1) is 6.68. The Balaban J connectivity index is 0.000000280. The third kappa shape index (κ3) is 5.57. The summed E-state index contributed by atoms with van der Waals surface area (Å²) in [4.78, 5) is 2.86. The first-order valence-electron chi connectivity index (χ1n) is 3.88. The van der Waals surface area contributed by atoms with Gasteiger partial charge < -0.3 is 4.98 Å². The van der Waals surface area contributed by atoms with Crippen molar-refractivity contribution < 1.29 is 13.2 Å². The molecular weight excluding hydrogens is 203 g/mol. The maximum atomic E-state index is 11.9. The lowest BCUT2D eigenvalue weighted by Gasteiger charge is -1.88. The van der Waals surface area contributed by atoms with E-state index in [2.05, 4.69) is 4.98 Å². The molecule has 0 aliphatic rings. The average molecular weight is 215 g/mol. The fourth-order valence-corrected chi connectivity index (χ4v) is 0.798. The maximum absolute atomic E-state index is 11.9. The predicted octanol–water partition coefficient (Wildman–Crippen LogP) is 3.75. The first kappa shape index (κ1) is 13.3. The number of nitrogens with one attached hydrogen (secondary N) is 1. The monoisotopic (exact) mass is 215 g/mol. The Morgan fingerprint density at radius 1 is 0.733 bits per heavy atom. The van der Waals surface area contributed by atoms with Gasteiger partial charge >= 0.3 is 0 Å². The Labute approximate surface area is 86.6 Å². The molecule has 0 atom stereocenters. The standard InChI is InChI=1S/C6H3F3.C4H5N.CH4/c7-4-1-5(8)3-6(9)2-4;1-2-4-5-3-1;/h1-3H;1-5H;1H4. The van der Waals surface area contributed by atoms with E-state index in [1.165, 1.54) is 0 Å². The van der Waals surface area contributed by atoms with Gasteiger partial charge in [0.25, 0.3) is 0 Å². The van der Waals surface area contributed by atoms with Crippen LogP contribution in [0.2, 0.25) is 0 Å². The van der Waals surface area contributed by atoms with Gasteiger partial charge in [-0.2, -0.15) is 0 Å². The summed E-state index contributed by atoms with van der Waals surface area (Å²) in [5, 5.41) is 0. The minimum absolute atomic E-state index is 0. The van der Waals surface area contributed by atoms with E-state index < -0.39 is 17.5 Å². The predicted molar refractivity (Wildman–Crippen MR) is 53.8 cm³/mol. The molecule has 1 aromatic heterocycles. The molecular formula is C11H12F3N. The number of H-pyrrole nitrogens is 1. The molecule has 82 valence electrons. The van der Waals surface area contributed by atoms with Crippen molar-refractivity contribution in [2.75, 3.05) is 0 Å². The summed E-state index contributed by atoms with van der Waals surface area (Å²) in [7, 11) is 0. The molecule has 0 bridgehead atoms. The summed E-state index contributed by atoms with van der Waals surface area (Å²) in [6, 6.07) is 5.73. The molecule has 2 rings (SSSR count). The Morgan fingerprint density at radius 2 is 1.07 bits per heavy atom. The van der Waals surface area contributed by atoms with E-state index >= 15 is 0 Å². The van der Waals surface area contributed by atoms with Crippen molar-refractivity contribution in [3.63, 3.8) is 0 Å². The van der Waals surface area contributed by atoms with Crippen molar-refractivity contribution in [1.82, 2.24) is 4.98 Å². The molecule has 2 aromatic rings. The van der Waals surface area contributed by atoms with Crippen LogP contribution >= 0.6 is 0 Å². The van der Waals surface area contributed by atoms with Crippen LogP contribution in [-0.4, -0.2) is 4.98 Å². The summed E-state index contributed by atoms with van der Waals surface area (Å²) in [6.07, 6.45) is 3.75. The summed E-state index contributed by atoms with van der Waals surface area (Å²) in [5.41, 5.74) is 0. The number of benzene rings is 1. The van der Waals surface area contributed by atoms with Crippen LogP contribution in [0.15, 0.2) is 42.7 Å². The lowest BCUT2D eigenvalue weighted by atomic mass is 10.3. The molecule has 0 radical (unpaired) electrons. The van der Waals surface area contributed by atoms with E-state index in [0.717, 1.165) is 0 Å². The van der Waals surface area contributed by atoms with Crippen LogP contribution in [0.5, 0.6) is 0 Å². The van der Waals surface area contributed by atoms with Gasteiger partial charge in [-0.15, -0.1) is 0 Å². The molecule has 0 unspecified atom stereocenters. The van der Waals surface area contributed by atoms with Crippen LogP contribution in [0.4, 0.5) is 13.2 Å². The van der Waals surface area contributed by atoms with E-state index in [9.17, 15) is 13.2 Å². The number of halogens is 3. The van der Waals surface area contributed by atoms with Gasteiger partial charge in [-0.3, -0.25) is 0 Å². The molecule has 0 amide bonds. The third-order valence-electron chi connectivity index (χ3n) is 1.32. The third-order valence-corrected chi connectivity index (χ3v) is 1.32.